The predicted octanol–water partition coefficient (Wildman–Crippen LogP) is 4.39. The predicted molar refractivity (Wildman–Crippen MR) is 136 cm³/mol. The van der Waals surface area contributed by atoms with Crippen molar-refractivity contribution in [2.24, 2.45) is 0 Å². The van der Waals surface area contributed by atoms with Crippen molar-refractivity contribution in [3.63, 3.8) is 0 Å². The number of para-hydroxylation sites is 2. The van der Waals surface area contributed by atoms with E-state index < -0.39 is 11.5 Å². The number of carbonyl (C=O) groups is 1. The molecule has 0 radical (unpaired) electrons. The van der Waals surface area contributed by atoms with Gasteiger partial charge in [-0.25, -0.2) is 4.79 Å². The molecule has 1 unspecified atom stereocenters. The monoisotopic (exact) mass is 453 g/mol. The van der Waals surface area contributed by atoms with E-state index >= 15 is 0 Å². The standard InChI is InChI=1S/C28H27N3O3/c1-30(2)22-13-11-20(12-14-22)25(31-16-15-19-7-3-5-9-24(19)31)18-29-27(32)23-17-21-8-4-6-10-26(21)34-28(23)33/h3-14,17,25H,15-16,18H2,1-2H3,(H,29,32). The second-order valence-corrected chi connectivity index (χ2v) is 8.77. The third kappa shape index (κ3) is 4.15. The summed E-state index contributed by atoms with van der Waals surface area (Å²) in [5, 5.41) is 3.72. The molecule has 1 N–H and O–H groups in total. The van der Waals surface area contributed by atoms with Crippen molar-refractivity contribution >= 4 is 28.3 Å². The van der Waals surface area contributed by atoms with Gasteiger partial charge in [-0.2, -0.15) is 0 Å². The summed E-state index contributed by atoms with van der Waals surface area (Å²) in [5.74, 6) is -0.429. The summed E-state index contributed by atoms with van der Waals surface area (Å²) >= 11 is 0. The number of nitrogens with zero attached hydrogens (tertiary/aromatic N) is 2. The number of hydrogen-bond donors (Lipinski definition) is 1. The van der Waals surface area contributed by atoms with Crippen molar-refractivity contribution < 1.29 is 9.21 Å². The summed E-state index contributed by atoms with van der Waals surface area (Å²) in [4.78, 5) is 29.9. The maximum atomic E-state index is 13.1. The van der Waals surface area contributed by atoms with Gasteiger partial charge in [0.1, 0.15) is 11.1 Å². The number of rotatable bonds is 6. The van der Waals surface area contributed by atoms with Gasteiger partial charge in [0.15, 0.2) is 0 Å². The Hall–Kier alpha value is -4.06. The summed E-state index contributed by atoms with van der Waals surface area (Å²) in [6, 6.07) is 25.5. The van der Waals surface area contributed by atoms with Crippen LogP contribution in [0.25, 0.3) is 11.0 Å². The molecule has 172 valence electrons. The molecule has 0 bridgehead atoms. The fourth-order valence-corrected chi connectivity index (χ4v) is 4.59. The molecule has 1 atom stereocenters. The molecule has 4 aromatic rings. The lowest BCUT2D eigenvalue weighted by molar-refractivity contribution is 0.0947. The molecule has 1 aromatic heterocycles. The van der Waals surface area contributed by atoms with E-state index in [0.717, 1.165) is 29.6 Å². The highest BCUT2D eigenvalue weighted by molar-refractivity contribution is 5.96. The van der Waals surface area contributed by atoms with E-state index in [1.807, 2.05) is 32.3 Å². The van der Waals surface area contributed by atoms with Crippen LogP contribution in [0.15, 0.2) is 88.1 Å². The van der Waals surface area contributed by atoms with Crippen LogP contribution in [0.5, 0.6) is 0 Å². The second-order valence-electron chi connectivity index (χ2n) is 8.77. The molecule has 1 amide bonds. The quantitative estimate of drug-likeness (QED) is 0.439. The van der Waals surface area contributed by atoms with Crippen molar-refractivity contribution in [2.75, 3.05) is 37.0 Å². The van der Waals surface area contributed by atoms with Crippen LogP contribution in [0, 0.1) is 0 Å². The van der Waals surface area contributed by atoms with Crippen LogP contribution < -0.4 is 20.7 Å². The van der Waals surface area contributed by atoms with Gasteiger partial charge in [0, 0.05) is 43.9 Å². The minimum atomic E-state index is -0.630. The Labute approximate surface area is 198 Å². The highest BCUT2D eigenvalue weighted by atomic mass is 16.4. The summed E-state index contributed by atoms with van der Waals surface area (Å²) in [7, 11) is 4.02. The zero-order chi connectivity index (χ0) is 23.7. The zero-order valence-corrected chi connectivity index (χ0v) is 19.3. The Kier molecular flexibility index (Phi) is 5.80. The Morgan fingerprint density at radius 3 is 2.56 bits per heavy atom. The van der Waals surface area contributed by atoms with Gasteiger partial charge < -0.3 is 19.5 Å². The Balaban J connectivity index is 1.44. The normalized spacial score (nSPS) is 13.5. The van der Waals surface area contributed by atoms with Crippen LogP contribution in [0.3, 0.4) is 0 Å². The lowest BCUT2D eigenvalue weighted by Crippen LogP contribution is -2.38. The minimum Gasteiger partial charge on any atom is -0.422 e. The number of amides is 1. The smallest absolute Gasteiger partial charge is 0.349 e. The minimum absolute atomic E-state index is 0.0160. The van der Waals surface area contributed by atoms with Crippen molar-refractivity contribution in [3.05, 3.63) is 106 Å². The maximum absolute atomic E-state index is 13.1. The number of nitrogens with one attached hydrogen (secondary N) is 1. The highest BCUT2D eigenvalue weighted by Gasteiger charge is 2.28. The summed E-state index contributed by atoms with van der Waals surface area (Å²) in [6.07, 6.45) is 0.963. The lowest BCUT2D eigenvalue weighted by atomic mass is 10.0. The van der Waals surface area contributed by atoms with Gasteiger partial charge >= 0.3 is 5.63 Å². The van der Waals surface area contributed by atoms with Crippen LogP contribution in [0.4, 0.5) is 11.4 Å². The maximum Gasteiger partial charge on any atom is 0.349 e. The van der Waals surface area contributed by atoms with Gasteiger partial charge in [0.2, 0.25) is 0 Å². The van der Waals surface area contributed by atoms with Crippen LogP contribution >= 0.6 is 0 Å². The summed E-state index contributed by atoms with van der Waals surface area (Å²) in [5.41, 5.74) is 4.56. The molecule has 1 aliphatic heterocycles. The first-order valence-electron chi connectivity index (χ1n) is 11.4. The average Bonchev–Trinajstić information content (AvgIpc) is 3.28. The van der Waals surface area contributed by atoms with Crippen LogP contribution in [0.2, 0.25) is 0 Å². The van der Waals surface area contributed by atoms with Gasteiger partial charge in [-0.15, -0.1) is 0 Å². The molecule has 34 heavy (non-hydrogen) atoms. The first-order chi connectivity index (χ1) is 16.5. The Bertz CT molecular complexity index is 1390. The SMILES string of the molecule is CN(C)c1ccc(C(CNC(=O)c2cc3ccccc3oc2=O)N2CCc3ccccc32)cc1. The third-order valence-electron chi connectivity index (χ3n) is 6.44. The number of hydrogen-bond acceptors (Lipinski definition) is 5. The molecule has 6 nitrogen and oxygen atoms in total. The van der Waals surface area contributed by atoms with E-state index in [2.05, 4.69) is 57.6 Å². The fourth-order valence-electron chi connectivity index (χ4n) is 4.59. The average molecular weight is 454 g/mol. The van der Waals surface area contributed by atoms with E-state index in [4.69, 9.17) is 4.42 Å². The molecule has 0 fully saturated rings. The van der Waals surface area contributed by atoms with E-state index in [1.165, 1.54) is 11.3 Å². The van der Waals surface area contributed by atoms with Crippen LogP contribution in [-0.2, 0) is 6.42 Å². The third-order valence-corrected chi connectivity index (χ3v) is 6.44. The van der Waals surface area contributed by atoms with Crippen molar-refractivity contribution in [3.8, 4) is 0 Å². The van der Waals surface area contributed by atoms with E-state index in [1.54, 1.807) is 18.2 Å². The highest BCUT2D eigenvalue weighted by Crippen LogP contribution is 2.35. The second kappa shape index (κ2) is 9.06. The number of fused-ring (bicyclic) bond motifs is 2. The largest absolute Gasteiger partial charge is 0.422 e. The number of benzene rings is 3. The van der Waals surface area contributed by atoms with E-state index in [-0.39, 0.29) is 11.6 Å². The van der Waals surface area contributed by atoms with E-state index in [9.17, 15) is 9.59 Å². The summed E-state index contributed by atoms with van der Waals surface area (Å²) < 4.78 is 5.36. The summed E-state index contributed by atoms with van der Waals surface area (Å²) in [6.45, 7) is 1.23. The number of carbonyl (C=O) groups excluding carboxylic acids is 1. The lowest BCUT2D eigenvalue weighted by Gasteiger charge is -2.31. The van der Waals surface area contributed by atoms with Crippen molar-refractivity contribution in [1.82, 2.24) is 5.32 Å². The first kappa shape index (κ1) is 21.8. The Morgan fingerprint density at radius 2 is 1.76 bits per heavy atom. The van der Waals surface area contributed by atoms with Crippen molar-refractivity contribution in [2.45, 2.75) is 12.5 Å². The fraction of sp³-hybridized carbons (Fsp3) is 0.214. The molecule has 1 aliphatic rings. The van der Waals surface area contributed by atoms with Gasteiger partial charge in [-0.05, 0) is 47.9 Å². The number of anilines is 2. The molecule has 6 heteroatoms. The van der Waals surface area contributed by atoms with Crippen molar-refractivity contribution in [1.29, 1.82) is 0 Å². The van der Waals surface area contributed by atoms with Gasteiger partial charge in [0.05, 0.1) is 6.04 Å². The van der Waals surface area contributed by atoms with Gasteiger partial charge in [-0.1, -0.05) is 48.5 Å². The molecular formula is C28H27N3O3. The van der Waals surface area contributed by atoms with Gasteiger partial charge in [0.25, 0.3) is 5.91 Å². The molecule has 3 aromatic carbocycles. The molecule has 2 heterocycles. The molecule has 0 saturated carbocycles. The van der Waals surface area contributed by atoms with Crippen LogP contribution in [0.1, 0.15) is 27.5 Å². The Morgan fingerprint density at radius 1 is 1.03 bits per heavy atom. The topological polar surface area (TPSA) is 65.8 Å². The molecule has 0 aliphatic carbocycles. The van der Waals surface area contributed by atoms with E-state index in [0.29, 0.717) is 12.1 Å². The molecule has 0 saturated heterocycles. The molecule has 5 rings (SSSR count). The molecule has 0 spiro atoms. The van der Waals surface area contributed by atoms with Gasteiger partial charge in [-0.3, -0.25) is 4.79 Å². The van der Waals surface area contributed by atoms with Crippen LogP contribution in [-0.4, -0.2) is 33.1 Å². The zero-order valence-electron chi connectivity index (χ0n) is 19.3. The molecular weight excluding hydrogens is 426 g/mol. The first-order valence-corrected chi connectivity index (χ1v) is 11.4.